The second-order valence-electron chi connectivity index (χ2n) is 2.69. The minimum atomic E-state index is -0.497. The van der Waals surface area contributed by atoms with Gasteiger partial charge in [-0.25, -0.2) is 4.79 Å². The molecule has 0 aliphatic rings. The summed E-state index contributed by atoms with van der Waals surface area (Å²) in [5.41, 5.74) is 0. The number of carbonyl (C=O) groups is 1. The zero-order chi connectivity index (χ0) is 11.8. The second-order valence-corrected chi connectivity index (χ2v) is 2.69. The van der Waals surface area contributed by atoms with E-state index in [2.05, 4.69) is 13.2 Å². The number of hydrogen-bond donors (Lipinski definition) is 0. The van der Waals surface area contributed by atoms with E-state index in [0.29, 0.717) is 11.5 Å². The quantitative estimate of drug-likeness (QED) is 0.184. The minimum absolute atomic E-state index is 0.0926. The molecule has 16 heavy (non-hydrogen) atoms. The van der Waals surface area contributed by atoms with Crippen molar-refractivity contribution in [3.05, 3.63) is 49.8 Å². The van der Waals surface area contributed by atoms with Gasteiger partial charge in [-0.1, -0.05) is 13.2 Å². The van der Waals surface area contributed by atoms with Crippen molar-refractivity contribution in [2.24, 2.45) is 0 Å². The third kappa shape index (κ3) is 3.88. The molecule has 0 saturated carbocycles. The van der Waals surface area contributed by atoms with Crippen LogP contribution >= 0.6 is 0 Å². The van der Waals surface area contributed by atoms with Crippen molar-refractivity contribution in [3.63, 3.8) is 0 Å². The van der Waals surface area contributed by atoms with Crippen LogP contribution in [0.2, 0.25) is 0 Å². The molecule has 0 radical (unpaired) electrons. The highest BCUT2D eigenvalue weighted by molar-refractivity contribution is 5.83. The van der Waals surface area contributed by atoms with Gasteiger partial charge in [0, 0.05) is 6.08 Å². The van der Waals surface area contributed by atoms with Crippen LogP contribution in [0.5, 0.6) is 11.5 Å². The standard InChI is InChI=1S/C12H12O4/c1-3-12(13)16-11-7-5-10(6-8-11)15-9-14-4-2/h3-8H,1-2,9H2. The molecule has 0 spiro atoms. The van der Waals surface area contributed by atoms with Gasteiger partial charge in [-0.05, 0) is 24.3 Å². The van der Waals surface area contributed by atoms with E-state index in [1.165, 1.54) is 6.26 Å². The van der Waals surface area contributed by atoms with Crippen LogP contribution in [0, 0.1) is 0 Å². The maximum absolute atomic E-state index is 10.9. The number of hydrogen-bond acceptors (Lipinski definition) is 4. The highest BCUT2D eigenvalue weighted by Gasteiger charge is 1.99. The van der Waals surface area contributed by atoms with Crippen LogP contribution < -0.4 is 9.47 Å². The van der Waals surface area contributed by atoms with Crippen LogP contribution in [0.15, 0.2) is 49.8 Å². The Morgan fingerprint density at radius 1 is 1.19 bits per heavy atom. The predicted molar refractivity (Wildman–Crippen MR) is 59.1 cm³/mol. The van der Waals surface area contributed by atoms with Gasteiger partial charge in [0.1, 0.15) is 11.5 Å². The molecule has 0 amide bonds. The Bertz CT molecular complexity index is 367. The van der Waals surface area contributed by atoms with E-state index < -0.39 is 5.97 Å². The van der Waals surface area contributed by atoms with Crippen LogP contribution in [-0.2, 0) is 9.53 Å². The highest BCUT2D eigenvalue weighted by atomic mass is 16.7. The lowest BCUT2D eigenvalue weighted by Crippen LogP contribution is -2.03. The average molecular weight is 220 g/mol. The molecule has 0 aliphatic carbocycles. The van der Waals surface area contributed by atoms with Crippen LogP contribution in [0.25, 0.3) is 0 Å². The second kappa shape index (κ2) is 6.29. The summed E-state index contributed by atoms with van der Waals surface area (Å²) < 4.78 is 14.9. The van der Waals surface area contributed by atoms with E-state index in [-0.39, 0.29) is 6.79 Å². The van der Waals surface area contributed by atoms with Crippen LogP contribution in [0.3, 0.4) is 0 Å². The maximum atomic E-state index is 10.9. The molecule has 0 aromatic heterocycles. The average Bonchev–Trinajstić information content (AvgIpc) is 2.31. The van der Waals surface area contributed by atoms with Crippen molar-refractivity contribution in [1.82, 2.24) is 0 Å². The fourth-order valence-corrected chi connectivity index (χ4v) is 0.912. The van der Waals surface area contributed by atoms with Gasteiger partial charge in [0.15, 0.2) is 0 Å². The SMILES string of the molecule is C=COCOc1ccc(OC(=O)C=C)cc1. The molecule has 1 rings (SSSR count). The topological polar surface area (TPSA) is 44.8 Å². The number of carbonyl (C=O) groups excluding carboxylic acids is 1. The molecular weight excluding hydrogens is 208 g/mol. The molecule has 0 atom stereocenters. The number of benzene rings is 1. The van der Waals surface area contributed by atoms with Crippen molar-refractivity contribution in [2.45, 2.75) is 0 Å². The monoisotopic (exact) mass is 220 g/mol. The normalized spacial score (nSPS) is 9.00. The molecule has 4 nitrogen and oxygen atoms in total. The largest absolute Gasteiger partial charge is 0.466 e. The molecule has 84 valence electrons. The summed E-state index contributed by atoms with van der Waals surface area (Å²) in [6.45, 7) is 6.77. The third-order valence-electron chi connectivity index (χ3n) is 1.62. The number of esters is 1. The van der Waals surface area contributed by atoms with Crippen molar-refractivity contribution < 1.29 is 19.0 Å². The summed E-state index contributed by atoms with van der Waals surface area (Å²) in [5, 5.41) is 0. The zero-order valence-corrected chi connectivity index (χ0v) is 8.72. The van der Waals surface area contributed by atoms with Crippen molar-refractivity contribution in [3.8, 4) is 11.5 Å². The van der Waals surface area contributed by atoms with Crippen LogP contribution in [0.4, 0.5) is 0 Å². The highest BCUT2D eigenvalue weighted by Crippen LogP contribution is 2.17. The van der Waals surface area contributed by atoms with Gasteiger partial charge in [-0.2, -0.15) is 0 Å². The molecule has 0 bridgehead atoms. The van der Waals surface area contributed by atoms with E-state index in [1.54, 1.807) is 24.3 Å². The Morgan fingerprint density at radius 3 is 2.38 bits per heavy atom. The van der Waals surface area contributed by atoms with E-state index in [9.17, 15) is 4.79 Å². The van der Waals surface area contributed by atoms with E-state index in [0.717, 1.165) is 6.08 Å². The van der Waals surface area contributed by atoms with Gasteiger partial charge in [0.25, 0.3) is 0 Å². The molecule has 1 aromatic rings. The zero-order valence-electron chi connectivity index (χ0n) is 8.72. The molecule has 0 N–H and O–H groups in total. The molecule has 0 fully saturated rings. The Hall–Kier alpha value is -2.23. The van der Waals surface area contributed by atoms with Crippen molar-refractivity contribution in [1.29, 1.82) is 0 Å². The first-order valence-electron chi connectivity index (χ1n) is 4.56. The first-order chi connectivity index (χ1) is 7.76. The fourth-order valence-electron chi connectivity index (χ4n) is 0.912. The predicted octanol–water partition coefficient (Wildman–Crippen LogP) is 2.27. The van der Waals surface area contributed by atoms with Crippen LogP contribution in [-0.4, -0.2) is 12.8 Å². The van der Waals surface area contributed by atoms with Crippen molar-refractivity contribution >= 4 is 5.97 Å². The van der Waals surface area contributed by atoms with E-state index in [4.69, 9.17) is 14.2 Å². The van der Waals surface area contributed by atoms with E-state index in [1.807, 2.05) is 0 Å². The molecule has 0 heterocycles. The summed E-state index contributed by atoms with van der Waals surface area (Å²) in [7, 11) is 0. The summed E-state index contributed by atoms with van der Waals surface area (Å²) in [6, 6.07) is 6.56. The summed E-state index contributed by atoms with van der Waals surface area (Å²) in [6.07, 6.45) is 2.39. The lowest BCUT2D eigenvalue weighted by Gasteiger charge is -2.06. The van der Waals surface area contributed by atoms with Gasteiger partial charge in [-0.15, -0.1) is 0 Å². The van der Waals surface area contributed by atoms with Gasteiger partial charge in [0.05, 0.1) is 6.26 Å². The Balaban J connectivity index is 2.50. The Morgan fingerprint density at radius 2 is 1.81 bits per heavy atom. The minimum Gasteiger partial charge on any atom is -0.466 e. The fraction of sp³-hybridized carbons (Fsp3) is 0.0833. The molecule has 1 aromatic carbocycles. The lowest BCUT2D eigenvalue weighted by atomic mass is 10.3. The summed E-state index contributed by atoms with van der Waals surface area (Å²) in [4.78, 5) is 10.9. The van der Waals surface area contributed by atoms with Gasteiger partial charge >= 0.3 is 5.97 Å². The first kappa shape index (κ1) is 11.8. The Labute approximate surface area is 93.7 Å². The molecule has 0 saturated heterocycles. The molecule has 0 unspecified atom stereocenters. The van der Waals surface area contributed by atoms with Crippen LogP contribution in [0.1, 0.15) is 0 Å². The number of ether oxygens (including phenoxy) is 3. The summed E-state index contributed by atoms with van der Waals surface area (Å²) in [5.74, 6) is 0.547. The summed E-state index contributed by atoms with van der Waals surface area (Å²) >= 11 is 0. The van der Waals surface area contributed by atoms with Gasteiger partial charge in [-0.3, -0.25) is 0 Å². The first-order valence-corrected chi connectivity index (χ1v) is 4.56. The van der Waals surface area contributed by atoms with Gasteiger partial charge < -0.3 is 14.2 Å². The van der Waals surface area contributed by atoms with E-state index >= 15 is 0 Å². The molecule has 0 aliphatic heterocycles. The molecule has 4 heteroatoms. The number of rotatable bonds is 6. The lowest BCUT2D eigenvalue weighted by molar-refractivity contribution is -0.128. The van der Waals surface area contributed by atoms with Crippen molar-refractivity contribution in [2.75, 3.05) is 6.79 Å². The maximum Gasteiger partial charge on any atom is 0.335 e. The Kier molecular flexibility index (Phi) is 4.66. The smallest absolute Gasteiger partial charge is 0.335 e. The van der Waals surface area contributed by atoms with Gasteiger partial charge in [0.2, 0.25) is 6.79 Å². The third-order valence-corrected chi connectivity index (χ3v) is 1.62. The molecular formula is C12H12O4.